The number of aryl methyl sites for hydroxylation is 1. The molecule has 0 N–H and O–H groups in total. The summed E-state index contributed by atoms with van der Waals surface area (Å²) in [5, 5.41) is 0. The van der Waals surface area contributed by atoms with Crippen molar-refractivity contribution in [3.8, 4) is 11.5 Å². The summed E-state index contributed by atoms with van der Waals surface area (Å²) in [6.07, 6.45) is 0. The van der Waals surface area contributed by atoms with Crippen LogP contribution in [-0.2, 0) is 0 Å². The van der Waals surface area contributed by atoms with Gasteiger partial charge in [-0.25, -0.2) is 4.39 Å². The van der Waals surface area contributed by atoms with Crippen LogP contribution < -0.4 is 9.47 Å². The molecule has 2 rings (SSSR count). The van der Waals surface area contributed by atoms with Crippen LogP contribution in [0.15, 0.2) is 34.8 Å². The first-order valence-electron chi connectivity index (χ1n) is 6.20. The normalized spacial score (nSPS) is 10.3. The molecule has 0 radical (unpaired) electrons. The Morgan fingerprint density at radius 3 is 2.29 bits per heavy atom. The van der Waals surface area contributed by atoms with Crippen molar-refractivity contribution in [3.63, 3.8) is 0 Å². The zero-order valence-electron chi connectivity index (χ0n) is 11.9. The number of rotatable bonds is 4. The van der Waals surface area contributed by atoms with Crippen LogP contribution in [0, 0.1) is 12.7 Å². The fourth-order valence-corrected chi connectivity index (χ4v) is 2.55. The van der Waals surface area contributed by atoms with Gasteiger partial charge < -0.3 is 9.47 Å². The predicted molar refractivity (Wildman–Crippen MR) is 81.8 cm³/mol. The second-order valence-corrected chi connectivity index (χ2v) is 5.33. The number of hydrogen-bond donors (Lipinski definition) is 0. The number of benzene rings is 2. The molecule has 0 saturated carbocycles. The molecule has 3 nitrogen and oxygen atoms in total. The van der Waals surface area contributed by atoms with Crippen LogP contribution in [0.3, 0.4) is 0 Å². The Kier molecular flexibility index (Phi) is 4.63. The molecule has 0 unspecified atom stereocenters. The zero-order chi connectivity index (χ0) is 15.6. The molecule has 0 saturated heterocycles. The van der Waals surface area contributed by atoms with E-state index in [9.17, 15) is 9.18 Å². The van der Waals surface area contributed by atoms with E-state index < -0.39 is 0 Å². The number of methoxy groups -OCH3 is 2. The number of hydrogen-bond acceptors (Lipinski definition) is 3. The van der Waals surface area contributed by atoms with Gasteiger partial charge in [-0.05, 0) is 58.7 Å². The van der Waals surface area contributed by atoms with E-state index in [0.29, 0.717) is 32.7 Å². The first kappa shape index (κ1) is 15.5. The summed E-state index contributed by atoms with van der Waals surface area (Å²) >= 11 is 3.35. The van der Waals surface area contributed by atoms with Gasteiger partial charge in [0.2, 0.25) is 0 Å². The maximum atomic E-state index is 13.2. The minimum absolute atomic E-state index is 0.241. The van der Waals surface area contributed by atoms with E-state index in [4.69, 9.17) is 9.47 Å². The van der Waals surface area contributed by atoms with Crippen molar-refractivity contribution in [3.05, 3.63) is 57.3 Å². The Morgan fingerprint density at radius 1 is 1.05 bits per heavy atom. The quantitative estimate of drug-likeness (QED) is 0.775. The number of halogens is 2. The van der Waals surface area contributed by atoms with Gasteiger partial charge in [0.25, 0.3) is 0 Å². The third-order valence-corrected chi connectivity index (χ3v) is 3.77. The lowest BCUT2D eigenvalue weighted by Gasteiger charge is -2.12. The van der Waals surface area contributed by atoms with E-state index in [-0.39, 0.29) is 11.6 Å². The Bertz CT molecular complexity index is 698. The molecule has 0 spiro atoms. The Hall–Kier alpha value is -1.88. The summed E-state index contributed by atoms with van der Waals surface area (Å²) < 4.78 is 24.3. The van der Waals surface area contributed by atoms with E-state index in [2.05, 4.69) is 15.9 Å². The van der Waals surface area contributed by atoms with Crippen molar-refractivity contribution in [2.24, 2.45) is 0 Å². The van der Waals surface area contributed by atoms with Gasteiger partial charge >= 0.3 is 0 Å². The predicted octanol–water partition coefficient (Wildman–Crippen LogP) is 4.14. The molecule has 0 amide bonds. The smallest absolute Gasteiger partial charge is 0.197 e. The molecular weight excluding hydrogens is 339 g/mol. The van der Waals surface area contributed by atoms with Gasteiger partial charge in [-0.3, -0.25) is 4.79 Å². The van der Waals surface area contributed by atoms with E-state index in [1.165, 1.54) is 32.4 Å². The van der Waals surface area contributed by atoms with Crippen LogP contribution in [-0.4, -0.2) is 20.0 Å². The Morgan fingerprint density at radius 2 is 1.71 bits per heavy atom. The molecule has 110 valence electrons. The second-order valence-electron chi connectivity index (χ2n) is 4.48. The standard InChI is InChI=1S/C16H14BrFO3/c1-9-6-10(18)4-5-11(9)16(19)12-7-15(21-3)13(17)8-14(12)20-2/h4-8H,1-3H3. The van der Waals surface area contributed by atoms with Crippen molar-refractivity contribution in [2.75, 3.05) is 14.2 Å². The molecule has 2 aromatic rings. The Balaban J connectivity index is 2.56. The average molecular weight is 353 g/mol. The van der Waals surface area contributed by atoms with Crippen molar-refractivity contribution >= 4 is 21.7 Å². The highest BCUT2D eigenvalue weighted by Gasteiger charge is 2.19. The molecule has 21 heavy (non-hydrogen) atoms. The zero-order valence-corrected chi connectivity index (χ0v) is 13.5. The molecule has 0 aliphatic heterocycles. The minimum atomic E-state index is -0.371. The average Bonchev–Trinajstić information content (AvgIpc) is 2.46. The number of ether oxygens (including phenoxy) is 2. The van der Waals surface area contributed by atoms with Crippen molar-refractivity contribution in [1.82, 2.24) is 0 Å². The van der Waals surface area contributed by atoms with Crippen LogP contribution in [0.2, 0.25) is 0 Å². The lowest BCUT2D eigenvalue weighted by molar-refractivity contribution is 0.103. The van der Waals surface area contributed by atoms with Crippen LogP contribution >= 0.6 is 15.9 Å². The van der Waals surface area contributed by atoms with Gasteiger partial charge in [-0.1, -0.05) is 0 Å². The summed E-state index contributed by atoms with van der Waals surface area (Å²) in [5.41, 5.74) is 1.37. The van der Waals surface area contributed by atoms with Gasteiger partial charge in [-0.15, -0.1) is 0 Å². The second kappa shape index (κ2) is 6.26. The minimum Gasteiger partial charge on any atom is -0.496 e. The Labute approximate surface area is 130 Å². The first-order valence-corrected chi connectivity index (χ1v) is 6.99. The molecule has 5 heteroatoms. The van der Waals surface area contributed by atoms with Crippen LogP contribution in [0.4, 0.5) is 4.39 Å². The van der Waals surface area contributed by atoms with Crippen molar-refractivity contribution in [1.29, 1.82) is 0 Å². The number of carbonyl (C=O) groups excluding carboxylic acids is 1. The summed E-state index contributed by atoms with van der Waals surface area (Å²) in [5.74, 6) is 0.342. The summed E-state index contributed by atoms with van der Waals surface area (Å²) in [6, 6.07) is 7.35. The van der Waals surface area contributed by atoms with Gasteiger partial charge in [-0.2, -0.15) is 0 Å². The number of ketones is 1. The van der Waals surface area contributed by atoms with E-state index in [1.807, 2.05) is 0 Å². The fourth-order valence-electron chi connectivity index (χ4n) is 2.06. The van der Waals surface area contributed by atoms with Crippen LogP contribution in [0.1, 0.15) is 21.5 Å². The summed E-state index contributed by atoms with van der Waals surface area (Å²) in [4.78, 5) is 12.7. The highest BCUT2D eigenvalue weighted by molar-refractivity contribution is 9.10. The lowest BCUT2D eigenvalue weighted by atomic mass is 9.98. The van der Waals surface area contributed by atoms with Gasteiger partial charge in [0.1, 0.15) is 17.3 Å². The monoisotopic (exact) mass is 352 g/mol. The molecule has 0 aliphatic carbocycles. The van der Waals surface area contributed by atoms with E-state index in [0.717, 1.165) is 0 Å². The SMILES string of the molecule is COc1cc(C(=O)c2ccc(F)cc2C)c(OC)cc1Br. The van der Waals surface area contributed by atoms with E-state index in [1.54, 1.807) is 19.1 Å². The molecule has 0 fully saturated rings. The fraction of sp³-hybridized carbons (Fsp3) is 0.188. The van der Waals surface area contributed by atoms with Crippen molar-refractivity contribution < 1.29 is 18.7 Å². The summed E-state index contributed by atoms with van der Waals surface area (Å²) in [6.45, 7) is 1.69. The highest BCUT2D eigenvalue weighted by Crippen LogP contribution is 2.34. The topological polar surface area (TPSA) is 35.5 Å². The molecule has 2 aromatic carbocycles. The van der Waals surface area contributed by atoms with E-state index >= 15 is 0 Å². The van der Waals surface area contributed by atoms with Crippen molar-refractivity contribution in [2.45, 2.75) is 6.92 Å². The van der Waals surface area contributed by atoms with Crippen LogP contribution in [0.5, 0.6) is 11.5 Å². The molecule has 0 bridgehead atoms. The first-order chi connectivity index (χ1) is 9.97. The third-order valence-electron chi connectivity index (χ3n) is 3.15. The van der Waals surface area contributed by atoms with Gasteiger partial charge in [0.05, 0.1) is 24.3 Å². The maximum Gasteiger partial charge on any atom is 0.197 e. The summed E-state index contributed by atoms with van der Waals surface area (Å²) in [7, 11) is 3.01. The molecule has 0 aromatic heterocycles. The molecule has 0 heterocycles. The van der Waals surface area contributed by atoms with Gasteiger partial charge in [0, 0.05) is 5.56 Å². The van der Waals surface area contributed by atoms with Crippen LogP contribution in [0.25, 0.3) is 0 Å². The molecule has 0 atom stereocenters. The third kappa shape index (κ3) is 3.08. The maximum absolute atomic E-state index is 13.2. The largest absolute Gasteiger partial charge is 0.496 e. The lowest BCUT2D eigenvalue weighted by Crippen LogP contribution is -2.07. The molecule has 0 aliphatic rings. The molecular formula is C16H14BrFO3. The number of carbonyl (C=O) groups is 1. The van der Waals surface area contributed by atoms with Gasteiger partial charge in [0.15, 0.2) is 5.78 Å². The highest BCUT2D eigenvalue weighted by atomic mass is 79.9.